The van der Waals surface area contributed by atoms with Gasteiger partial charge in [0.15, 0.2) is 0 Å². The van der Waals surface area contributed by atoms with Crippen LogP contribution in [-0.4, -0.2) is 19.1 Å². The summed E-state index contributed by atoms with van der Waals surface area (Å²) in [6, 6.07) is 0.403. The summed E-state index contributed by atoms with van der Waals surface area (Å²) in [7, 11) is 1.41. The number of allylic oxidation sites excluding steroid dienone is 1. The second-order valence-corrected chi connectivity index (χ2v) is 7.14. The molecule has 0 aromatic rings. The highest BCUT2D eigenvalue weighted by Crippen LogP contribution is 2.60. The smallest absolute Gasteiger partial charge is 0.330 e. The number of unbranched alkanes of at least 4 members (excludes halogenated alkanes) is 2. The molecule has 0 spiro atoms. The monoisotopic (exact) mass is 279 g/mol. The Morgan fingerprint density at radius 1 is 1.35 bits per heavy atom. The van der Waals surface area contributed by atoms with Crippen molar-refractivity contribution in [2.24, 2.45) is 28.9 Å². The number of hydrogen-bond donors (Lipinski definition) is 1. The molecule has 0 radical (unpaired) electrons. The molecule has 2 bridgehead atoms. The predicted octanol–water partition coefficient (Wildman–Crippen LogP) is 3.29. The largest absolute Gasteiger partial charge is 0.466 e. The molecule has 114 valence electrons. The van der Waals surface area contributed by atoms with Gasteiger partial charge in [-0.3, -0.25) is 0 Å². The van der Waals surface area contributed by atoms with Crippen molar-refractivity contribution in [3.63, 3.8) is 0 Å². The van der Waals surface area contributed by atoms with E-state index in [0.29, 0.717) is 11.5 Å². The molecule has 3 aliphatic carbocycles. The van der Waals surface area contributed by atoms with Crippen LogP contribution in [0.4, 0.5) is 0 Å². The van der Waals surface area contributed by atoms with E-state index in [1.54, 1.807) is 0 Å². The normalized spacial score (nSPS) is 34.8. The van der Waals surface area contributed by atoms with Crippen molar-refractivity contribution in [1.29, 1.82) is 0 Å². The van der Waals surface area contributed by atoms with Gasteiger partial charge in [-0.15, -0.1) is 0 Å². The third-order valence-corrected chi connectivity index (χ3v) is 5.79. The summed E-state index contributed by atoms with van der Waals surface area (Å²) in [5, 5.41) is 0. The molecule has 3 saturated carbocycles. The zero-order chi connectivity index (χ0) is 14.8. The van der Waals surface area contributed by atoms with Gasteiger partial charge in [0.1, 0.15) is 0 Å². The van der Waals surface area contributed by atoms with E-state index in [9.17, 15) is 4.79 Å². The number of ether oxygens (including phenoxy) is 1. The number of methoxy groups -OCH3 is 1. The fourth-order valence-electron chi connectivity index (χ4n) is 4.19. The molecule has 0 saturated heterocycles. The lowest BCUT2D eigenvalue weighted by Crippen LogP contribution is -2.61. The van der Waals surface area contributed by atoms with Crippen LogP contribution in [0, 0.1) is 23.2 Å². The first kappa shape index (κ1) is 15.6. The lowest BCUT2D eigenvalue weighted by Gasteiger charge is -2.62. The van der Waals surface area contributed by atoms with E-state index >= 15 is 0 Å². The third kappa shape index (κ3) is 3.08. The molecule has 0 amide bonds. The van der Waals surface area contributed by atoms with Gasteiger partial charge in [0.05, 0.1) is 7.11 Å². The topological polar surface area (TPSA) is 52.3 Å². The Hall–Kier alpha value is -0.830. The number of fused-ring (bicyclic) bond motifs is 2. The van der Waals surface area contributed by atoms with Crippen molar-refractivity contribution >= 4 is 5.97 Å². The first-order valence-electron chi connectivity index (χ1n) is 7.97. The zero-order valence-corrected chi connectivity index (χ0v) is 13.1. The van der Waals surface area contributed by atoms with Crippen LogP contribution in [-0.2, 0) is 9.53 Å². The quantitative estimate of drug-likeness (QED) is 0.461. The standard InChI is InChI=1S/C17H29NO2/c1-17(2)13-10-12(16(18)14(17)11-13)8-6-4-5-7-9-15(19)20-3/h7,9,12-14,16H,4-6,8,10-11,18H2,1-3H3/b9-7+/t12-,13-,14-,16+/m0/s1. The van der Waals surface area contributed by atoms with Gasteiger partial charge in [-0.1, -0.05) is 26.3 Å². The van der Waals surface area contributed by atoms with Gasteiger partial charge in [0.25, 0.3) is 0 Å². The summed E-state index contributed by atoms with van der Waals surface area (Å²) >= 11 is 0. The lowest BCUT2D eigenvalue weighted by molar-refractivity contribution is -0.134. The van der Waals surface area contributed by atoms with Gasteiger partial charge < -0.3 is 10.5 Å². The number of esters is 1. The molecule has 3 fully saturated rings. The minimum absolute atomic E-state index is 0.262. The highest BCUT2D eigenvalue weighted by atomic mass is 16.5. The van der Waals surface area contributed by atoms with E-state index in [1.165, 1.54) is 38.9 Å². The summed E-state index contributed by atoms with van der Waals surface area (Å²) in [6.45, 7) is 4.78. The molecule has 3 heteroatoms. The summed E-state index contributed by atoms with van der Waals surface area (Å²) < 4.78 is 4.56. The second kappa shape index (κ2) is 6.30. The molecule has 0 aromatic heterocycles. The van der Waals surface area contributed by atoms with E-state index < -0.39 is 0 Å². The molecule has 0 heterocycles. The highest BCUT2D eigenvalue weighted by molar-refractivity contribution is 5.81. The summed E-state index contributed by atoms with van der Waals surface area (Å²) in [6.07, 6.45) is 10.7. The van der Waals surface area contributed by atoms with E-state index in [0.717, 1.165) is 30.6 Å². The first-order chi connectivity index (χ1) is 9.46. The predicted molar refractivity (Wildman–Crippen MR) is 81.1 cm³/mol. The first-order valence-corrected chi connectivity index (χ1v) is 7.97. The second-order valence-electron chi connectivity index (χ2n) is 7.14. The number of carbonyl (C=O) groups is 1. The molecular weight excluding hydrogens is 250 g/mol. The average molecular weight is 279 g/mol. The summed E-state index contributed by atoms with van der Waals surface area (Å²) in [4.78, 5) is 10.9. The maximum absolute atomic E-state index is 10.9. The molecule has 3 nitrogen and oxygen atoms in total. The van der Waals surface area contributed by atoms with Gasteiger partial charge in [-0.25, -0.2) is 4.79 Å². The minimum atomic E-state index is -0.262. The Labute approximate surface area is 122 Å². The van der Waals surface area contributed by atoms with Crippen LogP contribution in [0.25, 0.3) is 0 Å². The summed E-state index contributed by atoms with van der Waals surface area (Å²) in [5.41, 5.74) is 6.94. The SMILES string of the molecule is COC(=O)/C=C/CCCC[C@H]1C[C@H]2C[C@@H]([C@@H]1N)C2(C)C. The van der Waals surface area contributed by atoms with Crippen molar-refractivity contribution in [1.82, 2.24) is 0 Å². The molecule has 3 rings (SSSR count). The van der Waals surface area contributed by atoms with Crippen LogP contribution in [0.2, 0.25) is 0 Å². The number of rotatable bonds is 6. The Morgan fingerprint density at radius 3 is 2.70 bits per heavy atom. The maximum atomic E-state index is 10.9. The molecule has 2 N–H and O–H groups in total. The number of carbonyl (C=O) groups excluding carboxylic acids is 1. The van der Waals surface area contributed by atoms with Crippen molar-refractivity contribution in [3.8, 4) is 0 Å². The fraction of sp³-hybridized carbons (Fsp3) is 0.824. The van der Waals surface area contributed by atoms with E-state index in [4.69, 9.17) is 5.73 Å². The van der Waals surface area contributed by atoms with Crippen LogP contribution in [0.1, 0.15) is 52.4 Å². The van der Waals surface area contributed by atoms with E-state index in [2.05, 4.69) is 18.6 Å². The van der Waals surface area contributed by atoms with Crippen molar-refractivity contribution in [3.05, 3.63) is 12.2 Å². The van der Waals surface area contributed by atoms with E-state index in [-0.39, 0.29) is 5.97 Å². The average Bonchev–Trinajstić information content (AvgIpc) is 2.43. The molecule has 0 unspecified atom stereocenters. The van der Waals surface area contributed by atoms with Crippen LogP contribution >= 0.6 is 0 Å². The zero-order valence-electron chi connectivity index (χ0n) is 13.1. The van der Waals surface area contributed by atoms with Crippen LogP contribution in [0.5, 0.6) is 0 Å². The Kier molecular flexibility index (Phi) is 4.90. The Balaban J connectivity index is 1.64. The number of nitrogens with two attached hydrogens (primary N) is 1. The van der Waals surface area contributed by atoms with Crippen molar-refractivity contribution < 1.29 is 9.53 Å². The van der Waals surface area contributed by atoms with Gasteiger partial charge in [-0.05, 0) is 55.3 Å². The molecule has 0 aromatic carbocycles. The van der Waals surface area contributed by atoms with Crippen LogP contribution in [0.15, 0.2) is 12.2 Å². The molecule has 0 aliphatic heterocycles. The molecular formula is C17H29NO2. The Morgan fingerprint density at radius 2 is 2.10 bits per heavy atom. The molecule has 3 aliphatic rings. The summed E-state index contributed by atoms with van der Waals surface area (Å²) in [5.74, 6) is 2.10. The van der Waals surface area contributed by atoms with Gasteiger partial charge in [0.2, 0.25) is 0 Å². The highest BCUT2D eigenvalue weighted by Gasteiger charge is 2.56. The molecule has 20 heavy (non-hydrogen) atoms. The number of hydrogen-bond acceptors (Lipinski definition) is 3. The van der Waals surface area contributed by atoms with Crippen molar-refractivity contribution in [2.75, 3.05) is 7.11 Å². The fourth-order valence-corrected chi connectivity index (χ4v) is 4.19. The van der Waals surface area contributed by atoms with Gasteiger partial charge in [-0.2, -0.15) is 0 Å². The minimum Gasteiger partial charge on any atom is -0.466 e. The van der Waals surface area contributed by atoms with Crippen LogP contribution in [0.3, 0.4) is 0 Å². The Bertz CT molecular complexity index is 375. The molecule has 4 atom stereocenters. The van der Waals surface area contributed by atoms with Gasteiger partial charge >= 0.3 is 5.97 Å². The van der Waals surface area contributed by atoms with E-state index in [1.807, 2.05) is 6.08 Å². The van der Waals surface area contributed by atoms with Gasteiger partial charge in [0, 0.05) is 12.1 Å². The van der Waals surface area contributed by atoms with Crippen LogP contribution < -0.4 is 5.73 Å². The third-order valence-electron chi connectivity index (χ3n) is 5.79. The van der Waals surface area contributed by atoms with Crippen molar-refractivity contribution in [2.45, 2.75) is 58.4 Å². The lowest BCUT2D eigenvalue weighted by atomic mass is 9.45. The maximum Gasteiger partial charge on any atom is 0.330 e.